The van der Waals surface area contributed by atoms with Crippen LogP contribution in [0.4, 0.5) is 0 Å². The average Bonchev–Trinajstić information content (AvgIpc) is 2.09. The second-order valence-electron chi connectivity index (χ2n) is 2.63. The second-order valence-corrected chi connectivity index (χ2v) is 2.63. The molecule has 1 aliphatic heterocycles. The second kappa shape index (κ2) is 3.95. The van der Waals surface area contributed by atoms with E-state index in [2.05, 4.69) is 0 Å². The molecule has 0 aromatic heterocycles. The molecule has 5 heteroatoms. The van der Waals surface area contributed by atoms with Gasteiger partial charge in [-0.15, -0.1) is 0 Å². The van der Waals surface area contributed by atoms with Gasteiger partial charge < -0.3 is 19.7 Å². The van der Waals surface area contributed by atoms with Crippen LogP contribution in [0.15, 0.2) is 0 Å². The molecule has 1 rings (SSSR count). The number of Topliss-reactive ketones (excluding diaryl/α,β-unsaturated/α-hetero) is 1. The minimum Gasteiger partial charge on any atom is -0.393 e. The van der Waals surface area contributed by atoms with E-state index >= 15 is 0 Å². The van der Waals surface area contributed by atoms with Gasteiger partial charge in [0.05, 0.1) is 6.61 Å². The predicted octanol–water partition coefficient (Wildman–Crippen LogP) is -1.33. The number of hydrogen-bond acceptors (Lipinski definition) is 5. The summed E-state index contributed by atoms with van der Waals surface area (Å²) in [6.07, 6.45) is -2.50. The molecule has 0 radical (unpaired) electrons. The minimum absolute atomic E-state index is 0.131. The van der Waals surface area contributed by atoms with E-state index < -0.39 is 30.9 Å². The number of rotatable bonds is 2. The van der Waals surface area contributed by atoms with Crippen LogP contribution in [0.1, 0.15) is 6.42 Å². The molecule has 5 nitrogen and oxygen atoms in total. The molecule has 1 heterocycles. The number of carbonyl (C=O) groups is 1. The fraction of sp³-hybridized carbons (Fsp3) is 0.857. The van der Waals surface area contributed by atoms with E-state index in [9.17, 15) is 4.79 Å². The number of aliphatic hydroxyl groups excluding tert-OH is 2. The molecule has 0 spiro atoms. The zero-order chi connectivity index (χ0) is 9.14. The van der Waals surface area contributed by atoms with Crippen molar-refractivity contribution in [1.29, 1.82) is 0 Å². The number of ketones is 1. The highest BCUT2D eigenvalue weighted by Crippen LogP contribution is 2.16. The Kier molecular flexibility index (Phi) is 3.16. The van der Waals surface area contributed by atoms with Crippen LogP contribution in [-0.4, -0.2) is 48.2 Å². The molecule has 3 atom stereocenters. The Balaban J connectivity index is 2.58. The first kappa shape index (κ1) is 9.60. The summed E-state index contributed by atoms with van der Waals surface area (Å²) in [4.78, 5) is 11.0. The number of ether oxygens (including phenoxy) is 2. The third kappa shape index (κ3) is 1.81. The standard InChI is InChI=1S/C7H12O5/c1-11-6-2-4(9)7(10)5(3-8)12-6/h4-6,8-9H,2-3H2,1H3/t4-,5-,6-/m1/s1. The number of methoxy groups -OCH3 is 1. The number of hydrogen-bond donors (Lipinski definition) is 2. The summed E-state index contributed by atoms with van der Waals surface area (Å²) in [5.41, 5.74) is 0. The molecule has 1 saturated heterocycles. The number of carbonyl (C=O) groups excluding carboxylic acids is 1. The predicted molar refractivity (Wildman–Crippen MR) is 38.4 cm³/mol. The molecule has 0 aromatic carbocycles. The summed E-state index contributed by atoms with van der Waals surface area (Å²) in [5.74, 6) is -0.481. The molecule has 0 bridgehead atoms. The Morgan fingerprint density at radius 3 is 2.92 bits per heavy atom. The maximum Gasteiger partial charge on any atom is 0.192 e. The van der Waals surface area contributed by atoms with Crippen molar-refractivity contribution in [2.45, 2.75) is 24.9 Å². The van der Waals surface area contributed by atoms with E-state index in [1.807, 2.05) is 0 Å². The van der Waals surface area contributed by atoms with Gasteiger partial charge in [-0.2, -0.15) is 0 Å². The van der Waals surface area contributed by atoms with Gasteiger partial charge in [-0.05, 0) is 0 Å². The van der Waals surface area contributed by atoms with E-state index in [0.29, 0.717) is 0 Å². The van der Waals surface area contributed by atoms with Crippen LogP contribution in [0.5, 0.6) is 0 Å². The first-order valence-electron chi connectivity index (χ1n) is 3.70. The minimum atomic E-state index is -1.08. The van der Waals surface area contributed by atoms with Gasteiger partial charge in [0.15, 0.2) is 12.1 Å². The topological polar surface area (TPSA) is 76.0 Å². The zero-order valence-corrected chi connectivity index (χ0v) is 6.77. The lowest BCUT2D eigenvalue weighted by molar-refractivity contribution is -0.207. The summed E-state index contributed by atoms with van der Waals surface area (Å²) in [6, 6.07) is 0. The fourth-order valence-corrected chi connectivity index (χ4v) is 1.10. The highest BCUT2D eigenvalue weighted by atomic mass is 16.7. The van der Waals surface area contributed by atoms with Crippen LogP contribution >= 0.6 is 0 Å². The molecular formula is C7H12O5. The average molecular weight is 176 g/mol. The lowest BCUT2D eigenvalue weighted by Crippen LogP contribution is -2.47. The maximum absolute atomic E-state index is 11.0. The van der Waals surface area contributed by atoms with Gasteiger partial charge in [0.2, 0.25) is 0 Å². The van der Waals surface area contributed by atoms with Crippen LogP contribution in [0.2, 0.25) is 0 Å². The Morgan fingerprint density at radius 1 is 1.75 bits per heavy atom. The molecule has 2 N–H and O–H groups in total. The summed E-state index contributed by atoms with van der Waals surface area (Å²) < 4.78 is 9.78. The third-order valence-corrected chi connectivity index (χ3v) is 1.81. The highest BCUT2D eigenvalue weighted by Gasteiger charge is 2.35. The lowest BCUT2D eigenvalue weighted by atomic mass is 10.0. The van der Waals surface area contributed by atoms with Crippen LogP contribution in [-0.2, 0) is 14.3 Å². The molecule has 0 saturated carbocycles. The van der Waals surface area contributed by atoms with E-state index in [1.165, 1.54) is 7.11 Å². The van der Waals surface area contributed by atoms with Gasteiger partial charge in [0.25, 0.3) is 0 Å². The zero-order valence-electron chi connectivity index (χ0n) is 6.77. The Morgan fingerprint density at radius 2 is 2.42 bits per heavy atom. The molecular weight excluding hydrogens is 164 g/mol. The van der Waals surface area contributed by atoms with Crippen molar-refractivity contribution in [3.63, 3.8) is 0 Å². The fourth-order valence-electron chi connectivity index (χ4n) is 1.10. The Labute approximate surface area is 69.9 Å². The smallest absolute Gasteiger partial charge is 0.192 e. The SMILES string of the molecule is CO[C@H]1C[C@@H](O)C(=O)[C@@H](CO)O1. The quantitative estimate of drug-likeness (QED) is 0.545. The van der Waals surface area contributed by atoms with Crippen molar-refractivity contribution >= 4 is 5.78 Å². The van der Waals surface area contributed by atoms with Crippen molar-refractivity contribution in [2.75, 3.05) is 13.7 Å². The van der Waals surface area contributed by atoms with E-state index in [0.717, 1.165) is 0 Å². The summed E-state index contributed by atoms with van der Waals surface area (Å²) in [7, 11) is 1.42. The van der Waals surface area contributed by atoms with Gasteiger partial charge in [0.1, 0.15) is 12.2 Å². The Bertz CT molecular complexity index is 169. The molecule has 1 aliphatic rings. The van der Waals surface area contributed by atoms with Gasteiger partial charge >= 0.3 is 0 Å². The maximum atomic E-state index is 11.0. The molecule has 70 valence electrons. The highest BCUT2D eigenvalue weighted by molar-refractivity contribution is 5.87. The molecule has 0 unspecified atom stereocenters. The van der Waals surface area contributed by atoms with E-state index in [1.54, 1.807) is 0 Å². The van der Waals surface area contributed by atoms with Gasteiger partial charge in [-0.25, -0.2) is 0 Å². The van der Waals surface area contributed by atoms with Crippen molar-refractivity contribution in [3.8, 4) is 0 Å². The van der Waals surface area contributed by atoms with Gasteiger partial charge in [-0.3, -0.25) is 4.79 Å². The summed E-state index contributed by atoms with van der Waals surface area (Å²) >= 11 is 0. The molecule has 0 aromatic rings. The summed E-state index contributed by atoms with van der Waals surface area (Å²) in [6.45, 7) is -0.421. The largest absolute Gasteiger partial charge is 0.393 e. The third-order valence-electron chi connectivity index (χ3n) is 1.81. The summed E-state index contributed by atoms with van der Waals surface area (Å²) in [5, 5.41) is 17.8. The van der Waals surface area contributed by atoms with Crippen molar-refractivity contribution in [2.24, 2.45) is 0 Å². The van der Waals surface area contributed by atoms with Crippen molar-refractivity contribution in [1.82, 2.24) is 0 Å². The van der Waals surface area contributed by atoms with E-state index in [-0.39, 0.29) is 6.42 Å². The van der Waals surface area contributed by atoms with Gasteiger partial charge in [0, 0.05) is 13.5 Å². The van der Waals surface area contributed by atoms with Crippen LogP contribution < -0.4 is 0 Å². The Hall–Kier alpha value is -0.490. The first-order chi connectivity index (χ1) is 5.69. The molecule has 0 aliphatic carbocycles. The van der Waals surface area contributed by atoms with Gasteiger partial charge in [-0.1, -0.05) is 0 Å². The monoisotopic (exact) mass is 176 g/mol. The van der Waals surface area contributed by atoms with E-state index in [4.69, 9.17) is 19.7 Å². The molecule has 1 fully saturated rings. The van der Waals surface area contributed by atoms with Crippen molar-refractivity contribution < 1.29 is 24.5 Å². The lowest BCUT2D eigenvalue weighted by Gasteiger charge is -2.29. The molecule has 12 heavy (non-hydrogen) atoms. The normalized spacial score (nSPS) is 36.9. The molecule has 0 amide bonds. The van der Waals surface area contributed by atoms with Crippen LogP contribution in [0.25, 0.3) is 0 Å². The number of aliphatic hydroxyl groups is 2. The van der Waals surface area contributed by atoms with Crippen LogP contribution in [0.3, 0.4) is 0 Å². The van der Waals surface area contributed by atoms with Crippen molar-refractivity contribution in [3.05, 3.63) is 0 Å². The first-order valence-corrected chi connectivity index (χ1v) is 3.70. The van der Waals surface area contributed by atoms with Crippen LogP contribution in [0, 0.1) is 0 Å².